The Kier molecular flexibility index (Phi) is 2.37. The van der Waals surface area contributed by atoms with Gasteiger partial charge in [-0.3, -0.25) is 4.98 Å². The zero-order valence-electron chi connectivity index (χ0n) is 9.55. The largest absolute Gasteiger partial charge is 0.436 e. The van der Waals surface area contributed by atoms with E-state index in [4.69, 9.17) is 4.42 Å². The third-order valence-electron chi connectivity index (χ3n) is 2.77. The molecule has 3 rings (SSSR count). The summed E-state index contributed by atoms with van der Waals surface area (Å²) in [5.74, 6) is 0.626. The second-order valence-electron chi connectivity index (χ2n) is 3.92. The van der Waals surface area contributed by atoms with Crippen LogP contribution in [0.15, 0.2) is 47.1 Å². The average Bonchev–Trinajstić information content (AvgIpc) is 2.82. The molecule has 1 aromatic carbocycles. The molecule has 0 aliphatic carbocycles. The molecule has 2 heterocycles. The molecule has 0 aliphatic heterocycles. The SMILES string of the molecule is CCc1ccc2oc(-c3cccnc3)nc2c1. The summed E-state index contributed by atoms with van der Waals surface area (Å²) in [7, 11) is 0. The van der Waals surface area contributed by atoms with Crippen LogP contribution in [-0.4, -0.2) is 9.97 Å². The van der Waals surface area contributed by atoms with E-state index in [0.29, 0.717) is 5.89 Å². The molecule has 84 valence electrons. The van der Waals surface area contributed by atoms with Gasteiger partial charge < -0.3 is 4.42 Å². The van der Waals surface area contributed by atoms with E-state index in [2.05, 4.69) is 29.0 Å². The Labute approximate surface area is 99.1 Å². The van der Waals surface area contributed by atoms with Crippen molar-refractivity contribution in [2.75, 3.05) is 0 Å². The van der Waals surface area contributed by atoms with Crippen molar-refractivity contribution in [1.82, 2.24) is 9.97 Å². The standard InChI is InChI=1S/C14H12N2O/c1-2-10-5-6-13-12(8-10)16-14(17-13)11-4-3-7-15-9-11/h3-9H,2H2,1H3. The van der Waals surface area contributed by atoms with Crippen molar-refractivity contribution in [3.05, 3.63) is 48.3 Å². The molecular weight excluding hydrogens is 212 g/mol. The van der Waals surface area contributed by atoms with Gasteiger partial charge >= 0.3 is 0 Å². The van der Waals surface area contributed by atoms with Gasteiger partial charge in [-0.1, -0.05) is 13.0 Å². The van der Waals surface area contributed by atoms with E-state index in [1.807, 2.05) is 18.2 Å². The molecule has 0 atom stereocenters. The number of rotatable bonds is 2. The maximum absolute atomic E-state index is 5.70. The first-order valence-electron chi connectivity index (χ1n) is 5.66. The van der Waals surface area contributed by atoms with Crippen molar-refractivity contribution in [2.24, 2.45) is 0 Å². The Balaban J connectivity index is 2.14. The third kappa shape index (κ3) is 1.80. The first kappa shape index (κ1) is 10.0. The van der Waals surface area contributed by atoms with E-state index in [-0.39, 0.29) is 0 Å². The van der Waals surface area contributed by atoms with Gasteiger partial charge in [0.25, 0.3) is 0 Å². The fourth-order valence-corrected chi connectivity index (χ4v) is 1.81. The quantitative estimate of drug-likeness (QED) is 0.669. The average molecular weight is 224 g/mol. The first-order valence-corrected chi connectivity index (χ1v) is 5.66. The molecule has 0 amide bonds. The molecule has 2 aromatic heterocycles. The molecule has 0 aliphatic rings. The number of fused-ring (bicyclic) bond motifs is 1. The van der Waals surface area contributed by atoms with Gasteiger partial charge in [-0.15, -0.1) is 0 Å². The maximum atomic E-state index is 5.70. The molecule has 0 radical (unpaired) electrons. The normalized spacial score (nSPS) is 10.9. The highest BCUT2D eigenvalue weighted by Gasteiger charge is 2.08. The van der Waals surface area contributed by atoms with Crippen molar-refractivity contribution in [3.8, 4) is 11.5 Å². The van der Waals surface area contributed by atoms with Gasteiger partial charge in [-0.05, 0) is 36.2 Å². The van der Waals surface area contributed by atoms with E-state index in [1.54, 1.807) is 12.4 Å². The lowest BCUT2D eigenvalue weighted by atomic mass is 10.1. The van der Waals surface area contributed by atoms with Gasteiger partial charge in [0.2, 0.25) is 5.89 Å². The number of benzene rings is 1. The number of nitrogens with zero attached hydrogens (tertiary/aromatic N) is 2. The number of hydrogen-bond donors (Lipinski definition) is 0. The van der Waals surface area contributed by atoms with Crippen LogP contribution in [0.5, 0.6) is 0 Å². The minimum absolute atomic E-state index is 0.626. The van der Waals surface area contributed by atoms with E-state index in [9.17, 15) is 0 Å². The lowest BCUT2D eigenvalue weighted by Crippen LogP contribution is -1.79. The van der Waals surface area contributed by atoms with E-state index < -0.39 is 0 Å². The van der Waals surface area contributed by atoms with Gasteiger partial charge in [-0.25, -0.2) is 4.98 Å². The predicted molar refractivity (Wildman–Crippen MR) is 66.6 cm³/mol. The van der Waals surface area contributed by atoms with Crippen LogP contribution < -0.4 is 0 Å². The van der Waals surface area contributed by atoms with Gasteiger partial charge in [0.1, 0.15) is 5.52 Å². The second kappa shape index (κ2) is 4.01. The fraction of sp³-hybridized carbons (Fsp3) is 0.143. The van der Waals surface area contributed by atoms with Gasteiger partial charge in [0.15, 0.2) is 5.58 Å². The Morgan fingerprint density at radius 2 is 2.18 bits per heavy atom. The van der Waals surface area contributed by atoms with Crippen molar-refractivity contribution < 1.29 is 4.42 Å². The lowest BCUT2D eigenvalue weighted by molar-refractivity contribution is 0.619. The molecular formula is C14H12N2O. The van der Waals surface area contributed by atoms with Crippen LogP contribution in [0, 0.1) is 0 Å². The Bertz CT molecular complexity index is 644. The van der Waals surface area contributed by atoms with Crippen molar-refractivity contribution in [2.45, 2.75) is 13.3 Å². The van der Waals surface area contributed by atoms with Crippen LogP contribution in [0.3, 0.4) is 0 Å². The van der Waals surface area contributed by atoms with E-state index in [1.165, 1.54) is 5.56 Å². The Hall–Kier alpha value is -2.16. The van der Waals surface area contributed by atoms with Crippen LogP contribution in [0.25, 0.3) is 22.6 Å². The summed E-state index contributed by atoms with van der Waals surface area (Å²) >= 11 is 0. The molecule has 3 aromatic rings. The molecule has 0 saturated carbocycles. The number of pyridine rings is 1. The summed E-state index contributed by atoms with van der Waals surface area (Å²) in [5.41, 5.74) is 3.90. The van der Waals surface area contributed by atoms with Crippen LogP contribution in [-0.2, 0) is 6.42 Å². The van der Waals surface area contributed by atoms with Gasteiger partial charge in [0.05, 0.1) is 5.56 Å². The minimum atomic E-state index is 0.626. The van der Waals surface area contributed by atoms with Crippen molar-refractivity contribution >= 4 is 11.1 Å². The molecule has 3 heteroatoms. The predicted octanol–water partition coefficient (Wildman–Crippen LogP) is 3.45. The third-order valence-corrected chi connectivity index (χ3v) is 2.77. The summed E-state index contributed by atoms with van der Waals surface area (Å²) in [4.78, 5) is 8.55. The first-order chi connectivity index (χ1) is 8.36. The van der Waals surface area contributed by atoms with E-state index >= 15 is 0 Å². The second-order valence-corrected chi connectivity index (χ2v) is 3.92. The monoisotopic (exact) mass is 224 g/mol. The van der Waals surface area contributed by atoms with Crippen molar-refractivity contribution in [1.29, 1.82) is 0 Å². The van der Waals surface area contributed by atoms with Crippen LogP contribution >= 0.6 is 0 Å². The smallest absolute Gasteiger partial charge is 0.228 e. The summed E-state index contributed by atoms with van der Waals surface area (Å²) in [6.45, 7) is 2.13. The zero-order valence-corrected chi connectivity index (χ0v) is 9.55. The fourth-order valence-electron chi connectivity index (χ4n) is 1.81. The van der Waals surface area contributed by atoms with Crippen molar-refractivity contribution in [3.63, 3.8) is 0 Å². The lowest BCUT2D eigenvalue weighted by Gasteiger charge is -1.92. The maximum Gasteiger partial charge on any atom is 0.228 e. The molecule has 0 fully saturated rings. The minimum Gasteiger partial charge on any atom is -0.436 e. The van der Waals surface area contributed by atoms with Crippen LogP contribution in [0.2, 0.25) is 0 Å². The molecule has 0 bridgehead atoms. The molecule has 0 N–H and O–H groups in total. The topological polar surface area (TPSA) is 38.9 Å². The van der Waals surface area contributed by atoms with Crippen LogP contribution in [0.1, 0.15) is 12.5 Å². The Morgan fingerprint density at radius 1 is 1.24 bits per heavy atom. The molecule has 0 saturated heterocycles. The highest BCUT2D eigenvalue weighted by molar-refractivity contribution is 5.76. The molecule has 17 heavy (non-hydrogen) atoms. The highest BCUT2D eigenvalue weighted by Crippen LogP contribution is 2.24. The van der Waals surface area contributed by atoms with Crippen LogP contribution in [0.4, 0.5) is 0 Å². The van der Waals surface area contributed by atoms with E-state index in [0.717, 1.165) is 23.1 Å². The summed E-state index contributed by atoms with van der Waals surface area (Å²) in [5, 5.41) is 0. The molecule has 3 nitrogen and oxygen atoms in total. The summed E-state index contributed by atoms with van der Waals surface area (Å²) in [6.07, 6.45) is 4.50. The summed E-state index contributed by atoms with van der Waals surface area (Å²) < 4.78 is 5.70. The Morgan fingerprint density at radius 3 is 2.94 bits per heavy atom. The number of oxazole rings is 1. The number of hydrogen-bond acceptors (Lipinski definition) is 3. The molecule has 0 unspecified atom stereocenters. The van der Waals surface area contributed by atoms with Gasteiger partial charge in [-0.2, -0.15) is 0 Å². The van der Waals surface area contributed by atoms with Gasteiger partial charge in [0, 0.05) is 12.4 Å². The molecule has 0 spiro atoms. The number of aryl methyl sites for hydroxylation is 1. The summed E-state index contributed by atoms with van der Waals surface area (Å²) in [6, 6.07) is 9.93. The number of aromatic nitrogens is 2. The zero-order chi connectivity index (χ0) is 11.7. The highest BCUT2D eigenvalue weighted by atomic mass is 16.3.